The summed E-state index contributed by atoms with van der Waals surface area (Å²) < 4.78 is 28.2. The van der Waals surface area contributed by atoms with Gasteiger partial charge in [-0.1, -0.05) is 0 Å². The molecule has 0 bridgehead atoms. The van der Waals surface area contributed by atoms with E-state index in [0.29, 0.717) is 28.0 Å². The van der Waals surface area contributed by atoms with Gasteiger partial charge in [0.1, 0.15) is 0 Å². The number of carbonyl (C=O) groups excluding carboxylic acids is 1. The number of hydrogen-bond donors (Lipinski definition) is 2. The number of amides is 1. The summed E-state index contributed by atoms with van der Waals surface area (Å²) >= 11 is 0. The molecule has 1 amide bonds. The molecule has 8 nitrogen and oxygen atoms in total. The summed E-state index contributed by atoms with van der Waals surface area (Å²) in [5.41, 5.74) is 3.36. The molecule has 142 valence electrons. The summed E-state index contributed by atoms with van der Waals surface area (Å²) in [5.74, 6) is -0.329. The van der Waals surface area contributed by atoms with Gasteiger partial charge in [0.05, 0.1) is 23.0 Å². The fourth-order valence-corrected chi connectivity index (χ4v) is 3.54. The van der Waals surface area contributed by atoms with Crippen LogP contribution in [0.4, 0.5) is 11.4 Å². The molecule has 3 aromatic rings. The minimum Gasteiger partial charge on any atom is -0.322 e. The van der Waals surface area contributed by atoms with E-state index >= 15 is 0 Å². The molecule has 0 atom stereocenters. The number of nitrogens with zero attached hydrogens (tertiary/aromatic N) is 2. The van der Waals surface area contributed by atoms with Crippen LogP contribution in [0.1, 0.15) is 15.9 Å². The summed E-state index contributed by atoms with van der Waals surface area (Å²) in [6.45, 7) is 1.72. The van der Waals surface area contributed by atoms with Gasteiger partial charge in [-0.3, -0.25) is 18.7 Å². The van der Waals surface area contributed by atoms with Gasteiger partial charge in [-0.2, -0.15) is 0 Å². The Morgan fingerprint density at radius 1 is 1.00 bits per heavy atom. The highest BCUT2D eigenvalue weighted by Crippen LogP contribution is 2.21. The van der Waals surface area contributed by atoms with Crippen LogP contribution in [0.15, 0.2) is 41.2 Å². The Kier molecular flexibility index (Phi) is 4.56. The quantitative estimate of drug-likeness (QED) is 0.711. The van der Waals surface area contributed by atoms with Gasteiger partial charge in [0.15, 0.2) is 0 Å². The second-order valence-electron chi connectivity index (χ2n) is 6.46. The molecule has 2 aromatic carbocycles. The number of fused-ring (bicyclic) bond motifs is 1. The monoisotopic (exact) mass is 388 g/mol. The third kappa shape index (κ3) is 3.72. The van der Waals surface area contributed by atoms with Gasteiger partial charge in [0.25, 0.3) is 5.91 Å². The molecular weight excluding hydrogens is 368 g/mol. The predicted molar refractivity (Wildman–Crippen MR) is 106 cm³/mol. The first-order chi connectivity index (χ1) is 12.6. The van der Waals surface area contributed by atoms with E-state index in [4.69, 9.17) is 0 Å². The van der Waals surface area contributed by atoms with Crippen LogP contribution in [0.25, 0.3) is 11.0 Å². The number of sulfonamides is 1. The van der Waals surface area contributed by atoms with Crippen LogP contribution in [0.3, 0.4) is 0 Å². The van der Waals surface area contributed by atoms with Crippen molar-refractivity contribution in [1.29, 1.82) is 0 Å². The Hall–Kier alpha value is -3.07. The Labute approximate surface area is 156 Å². The standard InChI is InChI=1S/C18H20N4O4S/c1-11-9-12(5-7-14(11)20-27(4,25)26)17(23)19-13-6-8-15-16(10-13)22(3)18(24)21(15)2/h5-10,20H,1-4H3,(H,19,23). The number of anilines is 2. The smallest absolute Gasteiger partial charge is 0.322 e. The van der Waals surface area contributed by atoms with Crippen LogP contribution in [-0.4, -0.2) is 29.7 Å². The van der Waals surface area contributed by atoms with Crippen molar-refractivity contribution >= 4 is 38.3 Å². The molecule has 1 aromatic heterocycles. The van der Waals surface area contributed by atoms with Gasteiger partial charge in [-0.15, -0.1) is 0 Å². The van der Waals surface area contributed by atoms with Crippen LogP contribution in [0.5, 0.6) is 0 Å². The van der Waals surface area contributed by atoms with Gasteiger partial charge in [-0.05, 0) is 48.9 Å². The maximum atomic E-state index is 12.5. The first-order valence-corrected chi connectivity index (χ1v) is 10.0. The zero-order valence-corrected chi connectivity index (χ0v) is 16.2. The van der Waals surface area contributed by atoms with Crippen molar-refractivity contribution in [3.8, 4) is 0 Å². The van der Waals surface area contributed by atoms with Crippen molar-refractivity contribution in [3.05, 3.63) is 58.0 Å². The minimum atomic E-state index is -3.39. The van der Waals surface area contributed by atoms with Crippen molar-refractivity contribution < 1.29 is 13.2 Å². The number of carbonyl (C=O) groups is 1. The number of nitrogens with one attached hydrogen (secondary N) is 2. The first-order valence-electron chi connectivity index (χ1n) is 8.12. The number of aromatic nitrogens is 2. The van der Waals surface area contributed by atoms with Crippen LogP contribution < -0.4 is 15.7 Å². The van der Waals surface area contributed by atoms with Crippen LogP contribution in [-0.2, 0) is 24.1 Å². The molecule has 0 aliphatic rings. The third-order valence-corrected chi connectivity index (χ3v) is 4.90. The summed E-state index contributed by atoms with van der Waals surface area (Å²) in [6, 6.07) is 9.95. The van der Waals surface area contributed by atoms with E-state index in [1.54, 1.807) is 57.4 Å². The number of rotatable bonds is 4. The highest BCUT2D eigenvalue weighted by molar-refractivity contribution is 7.92. The fraction of sp³-hybridized carbons (Fsp3) is 0.222. The number of aryl methyl sites for hydroxylation is 3. The van der Waals surface area contributed by atoms with Crippen molar-refractivity contribution in [2.24, 2.45) is 14.1 Å². The maximum Gasteiger partial charge on any atom is 0.328 e. The molecule has 0 saturated carbocycles. The molecule has 1 heterocycles. The third-order valence-electron chi connectivity index (χ3n) is 4.31. The SMILES string of the molecule is Cc1cc(C(=O)Nc2ccc3c(c2)n(C)c(=O)n3C)ccc1NS(C)(=O)=O. The highest BCUT2D eigenvalue weighted by atomic mass is 32.2. The van der Waals surface area contributed by atoms with Crippen LogP contribution in [0.2, 0.25) is 0 Å². The molecule has 0 aliphatic carbocycles. The zero-order chi connectivity index (χ0) is 19.9. The molecule has 27 heavy (non-hydrogen) atoms. The zero-order valence-electron chi connectivity index (χ0n) is 15.4. The average Bonchev–Trinajstić information content (AvgIpc) is 2.80. The first kappa shape index (κ1) is 18.7. The minimum absolute atomic E-state index is 0.141. The molecule has 0 spiro atoms. The molecule has 2 N–H and O–H groups in total. The molecule has 9 heteroatoms. The van der Waals surface area contributed by atoms with E-state index < -0.39 is 10.0 Å². The Balaban J connectivity index is 1.87. The van der Waals surface area contributed by atoms with E-state index in [1.165, 1.54) is 9.13 Å². The van der Waals surface area contributed by atoms with Crippen LogP contribution >= 0.6 is 0 Å². The lowest BCUT2D eigenvalue weighted by molar-refractivity contribution is 0.102. The number of benzene rings is 2. The Morgan fingerprint density at radius 3 is 2.30 bits per heavy atom. The summed E-state index contributed by atoms with van der Waals surface area (Å²) in [6.07, 6.45) is 1.07. The summed E-state index contributed by atoms with van der Waals surface area (Å²) in [4.78, 5) is 24.5. The van der Waals surface area contributed by atoms with Crippen molar-refractivity contribution in [2.75, 3.05) is 16.3 Å². The Bertz CT molecular complexity index is 1220. The lowest BCUT2D eigenvalue weighted by Crippen LogP contribution is -2.19. The topological polar surface area (TPSA) is 102 Å². The molecule has 3 rings (SSSR count). The van der Waals surface area contributed by atoms with Gasteiger partial charge < -0.3 is 5.32 Å². The number of imidazole rings is 1. The van der Waals surface area contributed by atoms with Crippen molar-refractivity contribution in [2.45, 2.75) is 6.92 Å². The Morgan fingerprint density at radius 2 is 1.67 bits per heavy atom. The normalized spacial score (nSPS) is 11.6. The predicted octanol–water partition coefficient (Wildman–Crippen LogP) is 1.81. The van der Waals surface area contributed by atoms with Crippen molar-refractivity contribution in [1.82, 2.24) is 9.13 Å². The van der Waals surface area contributed by atoms with E-state index in [0.717, 1.165) is 11.8 Å². The fourth-order valence-electron chi connectivity index (χ4n) is 2.91. The molecular formula is C18H20N4O4S. The van der Waals surface area contributed by atoms with E-state index in [9.17, 15) is 18.0 Å². The largest absolute Gasteiger partial charge is 0.328 e. The average molecular weight is 388 g/mol. The van der Waals surface area contributed by atoms with E-state index in [-0.39, 0.29) is 11.6 Å². The second-order valence-corrected chi connectivity index (χ2v) is 8.21. The van der Waals surface area contributed by atoms with Gasteiger partial charge in [-0.25, -0.2) is 13.2 Å². The molecule has 0 saturated heterocycles. The molecule has 0 radical (unpaired) electrons. The molecule has 0 unspecified atom stereocenters. The summed E-state index contributed by atoms with van der Waals surface area (Å²) in [7, 11) is -0.0222. The molecule has 0 fully saturated rings. The van der Waals surface area contributed by atoms with E-state index in [1.807, 2.05) is 0 Å². The summed E-state index contributed by atoms with van der Waals surface area (Å²) in [5, 5.41) is 2.80. The lowest BCUT2D eigenvalue weighted by atomic mass is 10.1. The van der Waals surface area contributed by atoms with Gasteiger partial charge in [0, 0.05) is 25.3 Å². The molecule has 0 aliphatic heterocycles. The number of hydrogen-bond acceptors (Lipinski definition) is 4. The van der Waals surface area contributed by atoms with Gasteiger partial charge >= 0.3 is 5.69 Å². The second kappa shape index (κ2) is 6.58. The maximum absolute atomic E-state index is 12.5. The van der Waals surface area contributed by atoms with Gasteiger partial charge in [0.2, 0.25) is 10.0 Å². The highest BCUT2D eigenvalue weighted by Gasteiger charge is 2.12. The van der Waals surface area contributed by atoms with Crippen molar-refractivity contribution in [3.63, 3.8) is 0 Å². The van der Waals surface area contributed by atoms with Crippen LogP contribution in [0, 0.1) is 6.92 Å². The van der Waals surface area contributed by atoms with E-state index in [2.05, 4.69) is 10.0 Å². The lowest BCUT2D eigenvalue weighted by Gasteiger charge is -2.10.